The Morgan fingerprint density at radius 3 is 2.42 bits per heavy atom. The van der Waals surface area contributed by atoms with Crippen LogP contribution in [0.15, 0.2) is 54.6 Å². The van der Waals surface area contributed by atoms with Crippen LogP contribution in [-0.2, 0) is 11.2 Å². The van der Waals surface area contributed by atoms with Gasteiger partial charge in [-0.2, -0.15) is 0 Å². The number of hydrogen-bond acceptors (Lipinski definition) is 3. The van der Waals surface area contributed by atoms with Gasteiger partial charge >= 0.3 is 0 Å². The first-order valence-electron chi connectivity index (χ1n) is 8.95. The number of rotatable bonds is 7. The maximum atomic E-state index is 5.42. The van der Waals surface area contributed by atoms with Gasteiger partial charge in [0.25, 0.3) is 0 Å². The van der Waals surface area contributed by atoms with Crippen molar-refractivity contribution in [2.45, 2.75) is 19.4 Å². The molecule has 1 atom stereocenters. The second kappa shape index (κ2) is 8.97. The molecule has 0 unspecified atom stereocenters. The molecule has 2 aromatic carbocycles. The van der Waals surface area contributed by atoms with Crippen LogP contribution in [0.1, 0.15) is 22.7 Å². The highest BCUT2D eigenvalue weighted by molar-refractivity contribution is 5.26. The van der Waals surface area contributed by atoms with E-state index in [0.29, 0.717) is 6.04 Å². The monoisotopic (exact) mass is 324 g/mol. The van der Waals surface area contributed by atoms with Crippen molar-refractivity contribution in [1.82, 2.24) is 10.2 Å². The highest BCUT2D eigenvalue weighted by Crippen LogP contribution is 2.19. The molecule has 0 aromatic heterocycles. The van der Waals surface area contributed by atoms with Crippen LogP contribution in [0.2, 0.25) is 0 Å². The van der Waals surface area contributed by atoms with Gasteiger partial charge in [0.15, 0.2) is 0 Å². The molecule has 2 aromatic rings. The summed E-state index contributed by atoms with van der Waals surface area (Å²) in [5.74, 6) is 0. The molecule has 1 saturated heterocycles. The fourth-order valence-electron chi connectivity index (χ4n) is 3.18. The molecular weight excluding hydrogens is 296 g/mol. The summed E-state index contributed by atoms with van der Waals surface area (Å²) in [5, 5.41) is 3.77. The van der Waals surface area contributed by atoms with Gasteiger partial charge in [0, 0.05) is 32.2 Å². The van der Waals surface area contributed by atoms with Gasteiger partial charge in [0.05, 0.1) is 13.2 Å². The van der Waals surface area contributed by atoms with Gasteiger partial charge in [-0.3, -0.25) is 4.90 Å². The van der Waals surface area contributed by atoms with Crippen LogP contribution in [0.3, 0.4) is 0 Å². The maximum Gasteiger partial charge on any atom is 0.0594 e. The number of benzene rings is 2. The van der Waals surface area contributed by atoms with Crippen LogP contribution in [-0.4, -0.2) is 44.3 Å². The van der Waals surface area contributed by atoms with Crippen molar-refractivity contribution in [3.63, 3.8) is 0 Å². The number of aryl methyl sites for hydroxylation is 1. The van der Waals surface area contributed by atoms with E-state index in [-0.39, 0.29) is 0 Å². The second-order valence-corrected chi connectivity index (χ2v) is 6.56. The van der Waals surface area contributed by atoms with E-state index in [0.717, 1.165) is 45.8 Å². The number of morpholine rings is 1. The Bertz CT molecular complexity index is 591. The minimum absolute atomic E-state index is 0.356. The second-order valence-electron chi connectivity index (χ2n) is 6.56. The lowest BCUT2D eigenvalue weighted by molar-refractivity contribution is 0.0381. The minimum Gasteiger partial charge on any atom is -0.379 e. The fraction of sp³-hybridized carbons (Fsp3) is 0.429. The zero-order valence-electron chi connectivity index (χ0n) is 14.6. The Kier molecular flexibility index (Phi) is 6.41. The van der Waals surface area contributed by atoms with Crippen LogP contribution < -0.4 is 5.32 Å². The standard InChI is InChI=1S/C21H28N2O/c1-18-7-9-20(10-8-18)21(17-19-5-3-2-4-6-19)22-11-12-23-13-15-24-16-14-23/h2-10,21-22H,11-17H2,1H3/t21-/m1/s1. The third kappa shape index (κ3) is 5.17. The molecule has 0 saturated carbocycles. The molecule has 1 N–H and O–H groups in total. The summed E-state index contributed by atoms with van der Waals surface area (Å²) in [5.41, 5.74) is 4.05. The van der Waals surface area contributed by atoms with Crippen molar-refractivity contribution in [1.29, 1.82) is 0 Å². The van der Waals surface area contributed by atoms with Crippen molar-refractivity contribution < 1.29 is 4.74 Å². The number of ether oxygens (including phenoxy) is 1. The van der Waals surface area contributed by atoms with Crippen LogP contribution >= 0.6 is 0 Å². The topological polar surface area (TPSA) is 24.5 Å². The molecule has 128 valence electrons. The zero-order chi connectivity index (χ0) is 16.6. The maximum absolute atomic E-state index is 5.42. The molecule has 0 bridgehead atoms. The summed E-state index contributed by atoms with van der Waals surface area (Å²) in [6, 6.07) is 20.0. The smallest absolute Gasteiger partial charge is 0.0594 e. The zero-order valence-corrected chi connectivity index (χ0v) is 14.6. The number of nitrogens with one attached hydrogen (secondary N) is 1. The van der Waals surface area contributed by atoms with E-state index in [1.165, 1.54) is 16.7 Å². The predicted octanol–water partition coefficient (Wildman–Crippen LogP) is 3.20. The average molecular weight is 324 g/mol. The van der Waals surface area contributed by atoms with E-state index >= 15 is 0 Å². The Morgan fingerprint density at radius 1 is 1.00 bits per heavy atom. The molecule has 1 aliphatic rings. The third-order valence-corrected chi connectivity index (χ3v) is 4.68. The molecular formula is C21H28N2O. The molecule has 0 amide bonds. The first kappa shape index (κ1) is 17.2. The quantitative estimate of drug-likeness (QED) is 0.846. The van der Waals surface area contributed by atoms with Crippen molar-refractivity contribution in [3.05, 3.63) is 71.3 Å². The van der Waals surface area contributed by atoms with E-state index in [1.54, 1.807) is 0 Å². The summed E-state index contributed by atoms with van der Waals surface area (Å²) in [4.78, 5) is 2.48. The average Bonchev–Trinajstić information content (AvgIpc) is 2.63. The lowest BCUT2D eigenvalue weighted by Gasteiger charge is -2.28. The molecule has 0 aliphatic carbocycles. The lowest BCUT2D eigenvalue weighted by Crippen LogP contribution is -2.41. The summed E-state index contributed by atoms with van der Waals surface area (Å²) in [6.07, 6.45) is 1.02. The predicted molar refractivity (Wildman–Crippen MR) is 99.3 cm³/mol. The fourth-order valence-corrected chi connectivity index (χ4v) is 3.18. The molecule has 3 heteroatoms. The molecule has 1 aliphatic heterocycles. The Balaban J connectivity index is 1.61. The van der Waals surface area contributed by atoms with Crippen molar-refractivity contribution in [2.24, 2.45) is 0 Å². The van der Waals surface area contributed by atoms with Gasteiger partial charge in [-0.1, -0.05) is 60.2 Å². The van der Waals surface area contributed by atoms with Gasteiger partial charge in [-0.05, 0) is 24.5 Å². The van der Waals surface area contributed by atoms with Crippen molar-refractivity contribution in [3.8, 4) is 0 Å². The van der Waals surface area contributed by atoms with Crippen molar-refractivity contribution in [2.75, 3.05) is 39.4 Å². The Labute approximate surface area is 145 Å². The lowest BCUT2D eigenvalue weighted by atomic mass is 9.98. The van der Waals surface area contributed by atoms with Gasteiger partial charge < -0.3 is 10.1 Å². The highest BCUT2D eigenvalue weighted by atomic mass is 16.5. The van der Waals surface area contributed by atoms with Crippen LogP contribution in [0.25, 0.3) is 0 Å². The summed E-state index contributed by atoms with van der Waals surface area (Å²) < 4.78 is 5.42. The molecule has 1 fully saturated rings. The Morgan fingerprint density at radius 2 is 1.71 bits per heavy atom. The first-order chi connectivity index (χ1) is 11.8. The molecule has 0 spiro atoms. The highest BCUT2D eigenvalue weighted by Gasteiger charge is 2.14. The van der Waals surface area contributed by atoms with E-state index in [2.05, 4.69) is 71.7 Å². The van der Waals surface area contributed by atoms with Gasteiger partial charge in [-0.15, -0.1) is 0 Å². The van der Waals surface area contributed by atoms with Gasteiger partial charge in [0.1, 0.15) is 0 Å². The van der Waals surface area contributed by atoms with E-state index in [4.69, 9.17) is 4.74 Å². The van der Waals surface area contributed by atoms with Gasteiger partial charge in [0.2, 0.25) is 0 Å². The molecule has 1 heterocycles. The number of nitrogens with zero attached hydrogens (tertiary/aromatic N) is 1. The SMILES string of the molecule is Cc1ccc([C@@H](Cc2ccccc2)NCCN2CCOCC2)cc1. The van der Waals surface area contributed by atoms with Crippen LogP contribution in [0.5, 0.6) is 0 Å². The van der Waals surface area contributed by atoms with E-state index < -0.39 is 0 Å². The largest absolute Gasteiger partial charge is 0.379 e. The summed E-state index contributed by atoms with van der Waals surface area (Å²) in [7, 11) is 0. The third-order valence-electron chi connectivity index (χ3n) is 4.68. The van der Waals surface area contributed by atoms with Crippen molar-refractivity contribution >= 4 is 0 Å². The van der Waals surface area contributed by atoms with E-state index in [9.17, 15) is 0 Å². The summed E-state index contributed by atoms with van der Waals surface area (Å²) >= 11 is 0. The first-order valence-corrected chi connectivity index (χ1v) is 8.95. The minimum atomic E-state index is 0.356. The molecule has 0 radical (unpaired) electrons. The Hall–Kier alpha value is -1.68. The van der Waals surface area contributed by atoms with Crippen LogP contribution in [0, 0.1) is 6.92 Å². The molecule has 3 nitrogen and oxygen atoms in total. The molecule has 24 heavy (non-hydrogen) atoms. The summed E-state index contributed by atoms with van der Waals surface area (Å²) in [6.45, 7) is 8.07. The molecule has 3 rings (SSSR count). The number of hydrogen-bond donors (Lipinski definition) is 1. The van der Waals surface area contributed by atoms with Crippen LogP contribution in [0.4, 0.5) is 0 Å². The van der Waals surface area contributed by atoms with E-state index in [1.807, 2.05) is 0 Å². The normalized spacial score (nSPS) is 16.9. The van der Waals surface area contributed by atoms with Gasteiger partial charge in [-0.25, -0.2) is 0 Å².